The molecule has 1 N–H and O–H groups in total. The van der Waals surface area contributed by atoms with Crippen LogP contribution in [0.3, 0.4) is 0 Å². The molecule has 1 amide bonds. The second kappa shape index (κ2) is 6.38. The highest BCUT2D eigenvalue weighted by Crippen LogP contribution is 2.33. The first kappa shape index (κ1) is 14.3. The topological polar surface area (TPSA) is 38.3 Å². The van der Waals surface area contributed by atoms with Gasteiger partial charge in [-0.1, -0.05) is 22.9 Å². The molecule has 1 saturated heterocycles. The van der Waals surface area contributed by atoms with Crippen LogP contribution in [0.2, 0.25) is 0 Å². The van der Waals surface area contributed by atoms with Crippen LogP contribution in [0.15, 0.2) is 0 Å². The maximum absolute atomic E-state index is 12.3. The van der Waals surface area contributed by atoms with Crippen LogP contribution in [0.4, 0.5) is 0 Å². The van der Waals surface area contributed by atoms with Crippen molar-refractivity contribution in [1.29, 1.82) is 0 Å². The molecule has 0 aromatic carbocycles. The monoisotopic (exact) mass is 317 g/mol. The molecule has 0 aromatic heterocycles. The van der Waals surface area contributed by atoms with Gasteiger partial charge in [-0.3, -0.25) is 4.79 Å². The van der Waals surface area contributed by atoms with Gasteiger partial charge in [-0.2, -0.15) is 0 Å². The van der Waals surface area contributed by atoms with Crippen molar-refractivity contribution < 1.29 is 9.53 Å². The third-order valence-corrected chi connectivity index (χ3v) is 5.48. The number of ether oxygens (including phenoxy) is 1. The van der Waals surface area contributed by atoms with Gasteiger partial charge in [-0.25, -0.2) is 0 Å². The van der Waals surface area contributed by atoms with E-state index in [-0.39, 0.29) is 17.4 Å². The second-order valence-electron chi connectivity index (χ2n) is 6.00. The molecule has 2 aliphatic rings. The van der Waals surface area contributed by atoms with E-state index in [9.17, 15) is 4.79 Å². The molecule has 1 saturated carbocycles. The molecule has 2 fully saturated rings. The Balaban J connectivity index is 1.90. The molecule has 3 nitrogen and oxygen atoms in total. The highest BCUT2D eigenvalue weighted by Gasteiger charge is 2.36. The minimum Gasteiger partial charge on any atom is -0.381 e. The first-order chi connectivity index (χ1) is 8.65. The van der Waals surface area contributed by atoms with Gasteiger partial charge in [0, 0.05) is 17.5 Å². The number of alkyl halides is 1. The molecule has 4 heteroatoms. The molecular formula is C14H24BrNO2. The minimum atomic E-state index is -0.0129. The number of rotatable bonds is 3. The van der Waals surface area contributed by atoms with Crippen molar-refractivity contribution in [3.05, 3.63) is 0 Å². The summed E-state index contributed by atoms with van der Waals surface area (Å²) in [7, 11) is 0. The Hall–Kier alpha value is -0.0900. The normalized spacial score (nSPS) is 37.2. The molecule has 1 aliphatic carbocycles. The number of amides is 1. The van der Waals surface area contributed by atoms with E-state index in [2.05, 4.69) is 28.2 Å². The van der Waals surface area contributed by atoms with Crippen LogP contribution < -0.4 is 5.32 Å². The number of carbonyl (C=O) groups excluding carboxylic acids is 1. The zero-order valence-corrected chi connectivity index (χ0v) is 12.8. The van der Waals surface area contributed by atoms with E-state index >= 15 is 0 Å². The zero-order chi connectivity index (χ0) is 13.0. The molecular weight excluding hydrogens is 294 g/mol. The van der Waals surface area contributed by atoms with Crippen molar-refractivity contribution in [3.8, 4) is 0 Å². The lowest BCUT2D eigenvalue weighted by atomic mass is 9.78. The Bertz CT molecular complexity index is 282. The molecule has 0 bridgehead atoms. The summed E-state index contributed by atoms with van der Waals surface area (Å²) in [5.74, 6) is 1.06. The van der Waals surface area contributed by atoms with Crippen molar-refractivity contribution in [1.82, 2.24) is 5.32 Å². The maximum Gasteiger partial charge on any atom is 0.225 e. The predicted octanol–water partition coefficient (Wildman–Crippen LogP) is 2.87. The van der Waals surface area contributed by atoms with Gasteiger partial charge in [0.1, 0.15) is 0 Å². The Morgan fingerprint density at radius 2 is 2.11 bits per heavy atom. The van der Waals surface area contributed by atoms with Gasteiger partial charge in [-0.05, 0) is 44.4 Å². The molecule has 18 heavy (non-hydrogen) atoms. The summed E-state index contributed by atoms with van der Waals surface area (Å²) >= 11 is 3.59. The molecule has 1 atom stereocenters. The van der Waals surface area contributed by atoms with Gasteiger partial charge in [0.15, 0.2) is 0 Å². The smallest absolute Gasteiger partial charge is 0.225 e. The van der Waals surface area contributed by atoms with E-state index in [0.717, 1.165) is 43.5 Å². The van der Waals surface area contributed by atoms with Crippen molar-refractivity contribution in [2.24, 2.45) is 11.8 Å². The summed E-state index contributed by atoms with van der Waals surface area (Å²) in [5, 5.41) is 4.17. The predicted molar refractivity (Wildman–Crippen MR) is 75.8 cm³/mol. The van der Waals surface area contributed by atoms with Gasteiger partial charge < -0.3 is 10.1 Å². The Kier molecular flexibility index (Phi) is 5.07. The molecule has 0 spiro atoms. The van der Waals surface area contributed by atoms with Crippen molar-refractivity contribution in [2.75, 3.05) is 18.5 Å². The van der Waals surface area contributed by atoms with Crippen molar-refractivity contribution in [3.63, 3.8) is 0 Å². The number of halogens is 1. The minimum absolute atomic E-state index is 0.0129. The lowest BCUT2D eigenvalue weighted by Gasteiger charge is -2.40. The first-order valence-corrected chi connectivity index (χ1v) is 8.23. The molecule has 1 unspecified atom stereocenters. The fraction of sp³-hybridized carbons (Fsp3) is 0.929. The third kappa shape index (κ3) is 3.47. The first-order valence-electron chi connectivity index (χ1n) is 7.11. The molecule has 104 valence electrons. The number of hydrogen-bond acceptors (Lipinski definition) is 2. The Morgan fingerprint density at radius 3 is 2.67 bits per heavy atom. The maximum atomic E-state index is 12.3. The largest absolute Gasteiger partial charge is 0.381 e. The van der Waals surface area contributed by atoms with Crippen LogP contribution in [-0.2, 0) is 9.53 Å². The highest BCUT2D eigenvalue weighted by molar-refractivity contribution is 9.09. The van der Waals surface area contributed by atoms with Crippen LogP contribution in [0.25, 0.3) is 0 Å². The molecule has 1 heterocycles. The second-order valence-corrected chi connectivity index (χ2v) is 6.56. The van der Waals surface area contributed by atoms with Crippen LogP contribution in [-0.4, -0.2) is 30.0 Å². The van der Waals surface area contributed by atoms with Gasteiger partial charge in [0.25, 0.3) is 0 Å². The average Bonchev–Trinajstić information content (AvgIpc) is 2.43. The SMILES string of the molecule is CC1CCC(CBr)(NC(=O)C2CCCOC2)CC1. The van der Waals surface area contributed by atoms with E-state index in [1.807, 2.05) is 0 Å². The number of hydrogen-bond donors (Lipinski definition) is 1. The van der Waals surface area contributed by atoms with Crippen LogP contribution in [0, 0.1) is 11.8 Å². The van der Waals surface area contributed by atoms with Crippen LogP contribution >= 0.6 is 15.9 Å². The van der Waals surface area contributed by atoms with Crippen LogP contribution in [0.1, 0.15) is 45.4 Å². The van der Waals surface area contributed by atoms with E-state index in [1.165, 1.54) is 12.8 Å². The lowest BCUT2D eigenvalue weighted by Crippen LogP contribution is -2.54. The molecule has 0 radical (unpaired) electrons. The van der Waals surface area contributed by atoms with E-state index in [4.69, 9.17) is 4.74 Å². The van der Waals surface area contributed by atoms with E-state index < -0.39 is 0 Å². The summed E-state index contributed by atoms with van der Waals surface area (Å²) in [6.45, 7) is 3.71. The van der Waals surface area contributed by atoms with Crippen LogP contribution in [0.5, 0.6) is 0 Å². The van der Waals surface area contributed by atoms with Crippen molar-refractivity contribution >= 4 is 21.8 Å². The van der Waals surface area contributed by atoms with E-state index in [0.29, 0.717) is 6.61 Å². The van der Waals surface area contributed by atoms with Gasteiger partial charge in [0.2, 0.25) is 5.91 Å². The summed E-state index contributed by atoms with van der Waals surface area (Å²) in [6, 6.07) is 0. The third-order valence-electron chi connectivity index (χ3n) is 4.41. The van der Waals surface area contributed by atoms with Gasteiger partial charge in [0.05, 0.1) is 12.5 Å². The van der Waals surface area contributed by atoms with Gasteiger partial charge in [-0.15, -0.1) is 0 Å². The fourth-order valence-corrected chi connectivity index (χ4v) is 3.62. The number of carbonyl (C=O) groups is 1. The highest BCUT2D eigenvalue weighted by atomic mass is 79.9. The summed E-state index contributed by atoms with van der Waals surface area (Å²) in [6.07, 6.45) is 6.61. The standard InChI is InChI=1S/C14H24BrNO2/c1-11-4-6-14(10-15,7-5-11)16-13(17)12-3-2-8-18-9-12/h11-12H,2-10H2,1H3,(H,16,17). The molecule has 2 rings (SSSR count). The quantitative estimate of drug-likeness (QED) is 0.813. The summed E-state index contributed by atoms with van der Waals surface area (Å²) in [5.41, 5.74) is -0.0129. The fourth-order valence-electron chi connectivity index (χ4n) is 2.92. The Morgan fingerprint density at radius 1 is 1.39 bits per heavy atom. The van der Waals surface area contributed by atoms with Gasteiger partial charge >= 0.3 is 0 Å². The summed E-state index contributed by atoms with van der Waals surface area (Å²) in [4.78, 5) is 12.3. The Labute approximate surface area is 118 Å². The average molecular weight is 318 g/mol. The zero-order valence-electron chi connectivity index (χ0n) is 11.2. The molecule has 0 aromatic rings. The lowest BCUT2D eigenvalue weighted by molar-refractivity contribution is -0.131. The molecule has 1 aliphatic heterocycles. The number of nitrogens with one attached hydrogen (secondary N) is 1. The summed E-state index contributed by atoms with van der Waals surface area (Å²) < 4.78 is 5.40. The van der Waals surface area contributed by atoms with Crippen molar-refractivity contribution in [2.45, 2.75) is 51.0 Å². The van der Waals surface area contributed by atoms with E-state index in [1.54, 1.807) is 0 Å².